The lowest BCUT2D eigenvalue weighted by molar-refractivity contribution is 0.104. The fourth-order valence-corrected chi connectivity index (χ4v) is 3.77. The van der Waals surface area contributed by atoms with Crippen LogP contribution in [0.2, 0.25) is 0 Å². The highest BCUT2D eigenvalue weighted by atomic mass is 16.5. The molecule has 0 bridgehead atoms. The number of rotatable bonds is 6. The van der Waals surface area contributed by atoms with Gasteiger partial charge in [0.1, 0.15) is 11.5 Å². The number of hydrogen-bond acceptors (Lipinski definition) is 4. The van der Waals surface area contributed by atoms with E-state index in [9.17, 15) is 9.59 Å². The average Bonchev–Trinajstić information content (AvgIpc) is 2.81. The SMILES string of the molecule is COc1ccc(OC)c(C=CC(=O)c2c(-c3ccccc3)c3ccc(C)cc3[nH]c2=O)c1. The zero-order valence-electron chi connectivity index (χ0n) is 18.1. The number of aryl methyl sites for hydroxylation is 1. The molecule has 0 unspecified atom stereocenters. The Labute approximate surface area is 185 Å². The summed E-state index contributed by atoms with van der Waals surface area (Å²) in [4.78, 5) is 29.3. The van der Waals surface area contributed by atoms with Crippen LogP contribution >= 0.6 is 0 Å². The van der Waals surface area contributed by atoms with E-state index in [1.807, 2.05) is 55.5 Å². The summed E-state index contributed by atoms with van der Waals surface area (Å²) in [6, 6.07) is 20.6. The van der Waals surface area contributed by atoms with Gasteiger partial charge in [-0.05, 0) is 54.5 Å². The largest absolute Gasteiger partial charge is 0.497 e. The van der Waals surface area contributed by atoms with Crippen LogP contribution < -0.4 is 15.0 Å². The summed E-state index contributed by atoms with van der Waals surface area (Å²) in [6.45, 7) is 1.96. The van der Waals surface area contributed by atoms with Crippen molar-refractivity contribution in [1.29, 1.82) is 0 Å². The van der Waals surface area contributed by atoms with Crippen molar-refractivity contribution < 1.29 is 14.3 Å². The molecule has 0 aliphatic rings. The van der Waals surface area contributed by atoms with Crippen LogP contribution in [0.3, 0.4) is 0 Å². The van der Waals surface area contributed by atoms with Crippen LogP contribution in [0.4, 0.5) is 0 Å². The predicted molar refractivity (Wildman–Crippen MR) is 128 cm³/mol. The van der Waals surface area contributed by atoms with Gasteiger partial charge in [0.15, 0.2) is 5.78 Å². The van der Waals surface area contributed by atoms with Gasteiger partial charge in [0.25, 0.3) is 5.56 Å². The Morgan fingerprint density at radius 2 is 1.72 bits per heavy atom. The molecule has 1 heterocycles. The number of aromatic nitrogens is 1. The standard InChI is InChI=1S/C27H23NO4/c1-17-9-12-21-22(15-17)28-27(30)26(25(21)18-7-5-4-6-8-18)23(29)13-10-19-16-20(31-2)11-14-24(19)32-3/h4-16H,1-3H3,(H,28,30). The van der Waals surface area contributed by atoms with Crippen molar-refractivity contribution in [3.63, 3.8) is 0 Å². The molecule has 0 atom stereocenters. The van der Waals surface area contributed by atoms with Crippen molar-refractivity contribution >= 4 is 22.8 Å². The van der Waals surface area contributed by atoms with Crippen LogP contribution in [0.1, 0.15) is 21.5 Å². The Bertz CT molecular complexity index is 1380. The topological polar surface area (TPSA) is 68.4 Å². The smallest absolute Gasteiger partial charge is 0.260 e. The molecule has 0 aliphatic heterocycles. The summed E-state index contributed by atoms with van der Waals surface area (Å²) >= 11 is 0. The molecule has 1 aromatic heterocycles. The first-order chi connectivity index (χ1) is 15.5. The Balaban J connectivity index is 1.89. The van der Waals surface area contributed by atoms with Crippen molar-refractivity contribution in [2.45, 2.75) is 6.92 Å². The van der Waals surface area contributed by atoms with E-state index in [1.165, 1.54) is 6.08 Å². The van der Waals surface area contributed by atoms with E-state index < -0.39 is 11.3 Å². The van der Waals surface area contributed by atoms with Crippen LogP contribution in [0, 0.1) is 6.92 Å². The van der Waals surface area contributed by atoms with E-state index in [2.05, 4.69) is 4.98 Å². The molecule has 0 amide bonds. The van der Waals surface area contributed by atoms with Crippen molar-refractivity contribution in [2.24, 2.45) is 0 Å². The molecular formula is C27H23NO4. The number of H-pyrrole nitrogens is 1. The normalized spacial score (nSPS) is 11.1. The van der Waals surface area contributed by atoms with Gasteiger partial charge in [-0.3, -0.25) is 9.59 Å². The average molecular weight is 425 g/mol. The van der Waals surface area contributed by atoms with Gasteiger partial charge in [-0.1, -0.05) is 42.5 Å². The number of carbonyl (C=O) groups excluding carboxylic acids is 1. The minimum atomic E-state index is -0.422. The number of aromatic amines is 1. The molecule has 0 radical (unpaired) electrons. The lowest BCUT2D eigenvalue weighted by atomic mass is 9.93. The number of methoxy groups -OCH3 is 2. The Morgan fingerprint density at radius 1 is 0.938 bits per heavy atom. The first-order valence-corrected chi connectivity index (χ1v) is 10.2. The van der Waals surface area contributed by atoms with E-state index in [4.69, 9.17) is 9.47 Å². The third-order valence-electron chi connectivity index (χ3n) is 5.33. The predicted octanol–water partition coefficient (Wildman–Crippen LogP) is 5.42. The zero-order valence-corrected chi connectivity index (χ0v) is 18.1. The van der Waals surface area contributed by atoms with Crippen LogP contribution in [0.5, 0.6) is 11.5 Å². The summed E-state index contributed by atoms with van der Waals surface area (Å²) in [6.07, 6.45) is 3.03. The molecule has 0 aliphatic carbocycles. The number of hydrogen-bond donors (Lipinski definition) is 1. The highest BCUT2D eigenvalue weighted by molar-refractivity contribution is 6.15. The third kappa shape index (κ3) is 4.05. The molecule has 3 aromatic carbocycles. The minimum absolute atomic E-state index is 0.102. The fourth-order valence-electron chi connectivity index (χ4n) is 3.77. The van der Waals surface area contributed by atoms with Crippen molar-refractivity contribution in [3.05, 3.63) is 99.9 Å². The lowest BCUT2D eigenvalue weighted by Gasteiger charge is -2.12. The van der Waals surface area contributed by atoms with Gasteiger partial charge in [-0.2, -0.15) is 0 Å². The summed E-state index contributed by atoms with van der Waals surface area (Å²) in [5.74, 6) is 0.847. The van der Waals surface area contributed by atoms with Gasteiger partial charge in [0.2, 0.25) is 0 Å². The van der Waals surface area contributed by atoms with Crippen molar-refractivity contribution in [3.8, 4) is 22.6 Å². The molecule has 0 spiro atoms. The lowest BCUT2D eigenvalue weighted by Crippen LogP contribution is -2.18. The third-order valence-corrected chi connectivity index (χ3v) is 5.33. The first-order valence-electron chi connectivity index (χ1n) is 10.2. The second-order valence-electron chi connectivity index (χ2n) is 7.42. The van der Waals surface area contributed by atoms with Crippen LogP contribution in [-0.4, -0.2) is 25.0 Å². The van der Waals surface area contributed by atoms with E-state index >= 15 is 0 Å². The molecule has 4 aromatic rings. The Morgan fingerprint density at radius 3 is 2.44 bits per heavy atom. The summed E-state index contributed by atoms with van der Waals surface area (Å²) in [5, 5.41) is 0.817. The molecule has 0 saturated carbocycles. The molecule has 160 valence electrons. The van der Waals surface area contributed by atoms with Crippen molar-refractivity contribution in [1.82, 2.24) is 4.98 Å². The Kier molecular flexibility index (Phi) is 5.90. The van der Waals surface area contributed by atoms with Gasteiger partial charge in [-0.25, -0.2) is 0 Å². The second kappa shape index (κ2) is 8.94. The number of ketones is 1. The summed E-state index contributed by atoms with van der Waals surface area (Å²) in [5.41, 5.74) is 3.51. The summed E-state index contributed by atoms with van der Waals surface area (Å²) < 4.78 is 10.7. The Hall–Kier alpha value is -4.12. The van der Waals surface area contributed by atoms with Gasteiger partial charge in [0.05, 0.1) is 19.8 Å². The highest BCUT2D eigenvalue weighted by Crippen LogP contribution is 2.31. The number of carbonyl (C=O) groups is 1. The molecule has 32 heavy (non-hydrogen) atoms. The van der Waals surface area contributed by atoms with Gasteiger partial charge in [0, 0.05) is 22.0 Å². The maximum atomic E-state index is 13.3. The van der Waals surface area contributed by atoms with Crippen molar-refractivity contribution in [2.75, 3.05) is 14.2 Å². The molecular weight excluding hydrogens is 402 g/mol. The molecule has 4 rings (SSSR count). The maximum Gasteiger partial charge on any atom is 0.260 e. The molecule has 0 saturated heterocycles. The second-order valence-corrected chi connectivity index (χ2v) is 7.42. The molecule has 1 N–H and O–H groups in total. The summed E-state index contributed by atoms with van der Waals surface area (Å²) in [7, 11) is 3.13. The van der Waals surface area contributed by atoms with Gasteiger partial charge >= 0.3 is 0 Å². The maximum absolute atomic E-state index is 13.3. The monoisotopic (exact) mass is 425 g/mol. The number of ether oxygens (including phenoxy) is 2. The number of nitrogens with one attached hydrogen (secondary N) is 1. The number of allylic oxidation sites excluding steroid dienone is 1. The van der Waals surface area contributed by atoms with Crippen LogP contribution in [0.15, 0.2) is 77.6 Å². The van der Waals surface area contributed by atoms with E-state index in [-0.39, 0.29) is 5.56 Å². The molecule has 0 fully saturated rings. The van der Waals surface area contributed by atoms with Gasteiger partial charge in [-0.15, -0.1) is 0 Å². The number of pyridine rings is 1. The van der Waals surface area contributed by atoms with Crippen LogP contribution in [-0.2, 0) is 0 Å². The number of benzene rings is 3. The van der Waals surface area contributed by atoms with E-state index in [0.717, 1.165) is 16.5 Å². The molecule has 5 nitrogen and oxygen atoms in total. The highest BCUT2D eigenvalue weighted by Gasteiger charge is 2.19. The van der Waals surface area contributed by atoms with E-state index in [1.54, 1.807) is 38.5 Å². The minimum Gasteiger partial charge on any atom is -0.497 e. The van der Waals surface area contributed by atoms with E-state index in [0.29, 0.717) is 28.1 Å². The fraction of sp³-hybridized carbons (Fsp3) is 0.111. The zero-order chi connectivity index (χ0) is 22.7. The number of fused-ring (bicyclic) bond motifs is 1. The van der Waals surface area contributed by atoms with Gasteiger partial charge < -0.3 is 14.5 Å². The molecule has 5 heteroatoms. The first kappa shape index (κ1) is 21.1. The van der Waals surface area contributed by atoms with Crippen LogP contribution in [0.25, 0.3) is 28.1 Å². The quantitative estimate of drug-likeness (QED) is 0.331.